The summed E-state index contributed by atoms with van der Waals surface area (Å²) in [5.41, 5.74) is 7.01. The number of nitrogens with zero attached hydrogens (tertiary/aromatic N) is 1. The van der Waals surface area contributed by atoms with Crippen molar-refractivity contribution >= 4 is 11.6 Å². The number of carbonyl (C=O) groups is 1. The number of rotatable bonds is 7. The second kappa shape index (κ2) is 9.36. The molecule has 2 heteroatoms. The molecule has 0 aromatic heterocycles. The zero-order valence-corrected chi connectivity index (χ0v) is 17.1. The summed E-state index contributed by atoms with van der Waals surface area (Å²) < 4.78 is 0. The summed E-state index contributed by atoms with van der Waals surface area (Å²) in [5, 5.41) is 0. The Morgan fingerprint density at radius 3 is 2.11 bits per heavy atom. The third-order valence-electron chi connectivity index (χ3n) is 5.34. The third-order valence-corrected chi connectivity index (χ3v) is 5.34. The van der Waals surface area contributed by atoms with E-state index < -0.39 is 0 Å². The summed E-state index contributed by atoms with van der Waals surface area (Å²) in [4.78, 5) is 14.4. The van der Waals surface area contributed by atoms with Gasteiger partial charge >= 0.3 is 0 Å². The summed E-state index contributed by atoms with van der Waals surface area (Å²) in [6.45, 7) is 4.26. The van der Waals surface area contributed by atoms with Crippen LogP contribution >= 0.6 is 0 Å². The Morgan fingerprint density at radius 2 is 1.46 bits per heavy atom. The fraction of sp³-hybridized carbons (Fsp3) is 0.269. The van der Waals surface area contributed by atoms with Gasteiger partial charge in [-0.3, -0.25) is 4.79 Å². The molecular formula is C26H29NO. The van der Waals surface area contributed by atoms with Crippen molar-refractivity contribution in [1.29, 1.82) is 0 Å². The van der Waals surface area contributed by atoms with E-state index in [1.165, 1.54) is 22.3 Å². The Bertz CT molecular complexity index is 910. The quantitative estimate of drug-likeness (QED) is 0.498. The molecule has 2 nitrogen and oxygen atoms in total. The van der Waals surface area contributed by atoms with Gasteiger partial charge in [-0.05, 0) is 73.6 Å². The molecular weight excluding hydrogens is 342 g/mol. The van der Waals surface area contributed by atoms with E-state index in [2.05, 4.69) is 43.3 Å². The van der Waals surface area contributed by atoms with Gasteiger partial charge in [-0.25, -0.2) is 0 Å². The number of carbonyl (C=O) groups excluding carboxylic acids is 1. The van der Waals surface area contributed by atoms with Crippen LogP contribution in [0.15, 0.2) is 72.8 Å². The van der Waals surface area contributed by atoms with Crippen LogP contribution in [-0.4, -0.2) is 13.0 Å². The summed E-state index contributed by atoms with van der Waals surface area (Å²) in [5.74, 6) is 0.0206. The fourth-order valence-electron chi connectivity index (χ4n) is 3.52. The van der Waals surface area contributed by atoms with E-state index in [0.29, 0.717) is 0 Å². The van der Waals surface area contributed by atoms with Gasteiger partial charge in [-0.2, -0.15) is 0 Å². The Morgan fingerprint density at radius 1 is 0.821 bits per heavy atom. The molecule has 0 aliphatic heterocycles. The Hall–Kier alpha value is -2.87. The van der Waals surface area contributed by atoms with Gasteiger partial charge in [-0.1, -0.05) is 61.0 Å². The highest BCUT2D eigenvalue weighted by atomic mass is 16.2. The predicted molar refractivity (Wildman–Crippen MR) is 118 cm³/mol. The van der Waals surface area contributed by atoms with Gasteiger partial charge in [-0.15, -0.1) is 0 Å². The highest BCUT2D eigenvalue weighted by molar-refractivity contribution is 6.05. The van der Waals surface area contributed by atoms with Gasteiger partial charge in [0.25, 0.3) is 5.91 Å². The van der Waals surface area contributed by atoms with E-state index in [1.54, 1.807) is 4.90 Å². The lowest BCUT2D eigenvalue weighted by atomic mass is 9.98. The average molecular weight is 372 g/mol. The van der Waals surface area contributed by atoms with Gasteiger partial charge in [0.1, 0.15) is 0 Å². The van der Waals surface area contributed by atoms with Crippen LogP contribution in [0.2, 0.25) is 0 Å². The van der Waals surface area contributed by atoms with Crippen molar-refractivity contribution in [2.24, 2.45) is 0 Å². The molecule has 0 bridgehead atoms. The SMILES string of the molecule is CCc1ccccc1CCCc1ccc(C(=O)N(C)c2ccc(C)cc2)cc1. The maximum absolute atomic E-state index is 12.7. The zero-order chi connectivity index (χ0) is 19.9. The zero-order valence-electron chi connectivity index (χ0n) is 17.1. The molecule has 28 heavy (non-hydrogen) atoms. The van der Waals surface area contributed by atoms with Crippen LogP contribution in [0.3, 0.4) is 0 Å². The van der Waals surface area contributed by atoms with E-state index in [0.717, 1.165) is 36.9 Å². The van der Waals surface area contributed by atoms with Crippen molar-refractivity contribution in [3.63, 3.8) is 0 Å². The van der Waals surface area contributed by atoms with Gasteiger partial charge in [0.05, 0.1) is 0 Å². The molecule has 3 aromatic carbocycles. The fourth-order valence-corrected chi connectivity index (χ4v) is 3.52. The molecule has 0 unspecified atom stereocenters. The maximum Gasteiger partial charge on any atom is 0.258 e. The van der Waals surface area contributed by atoms with Crippen molar-refractivity contribution in [3.05, 3.63) is 101 Å². The minimum absolute atomic E-state index is 0.0206. The van der Waals surface area contributed by atoms with Crippen LogP contribution < -0.4 is 4.90 Å². The molecule has 1 amide bonds. The molecule has 0 fully saturated rings. The molecule has 0 saturated heterocycles. The first kappa shape index (κ1) is 19.9. The van der Waals surface area contributed by atoms with Crippen molar-refractivity contribution < 1.29 is 4.79 Å². The van der Waals surface area contributed by atoms with Crippen LogP contribution in [0.1, 0.15) is 46.0 Å². The average Bonchev–Trinajstić information content (AvgIpc) is 2.74. The number of benzene rings is 3. The lowest BCUT2D eigenvalue weighted by Gasteiger charge is -2.18. The van der Waals surface area contributed by atoms with E-state index in [-0.39, 0.29) is 5.91 Å². The number of anilines is 1. The van der Waals surface area contributed by atoms with E-state index in [4.69, 9.17) is 0 Å². The largest absolute Gasteiger partial charge is 0.311 e. The Labute approximate surface area is 168 Å². The number of hydrogen-bond acceptors (Lipinski definition) is 1. The highest BCUT2D eigenvalue weighted by Gasteiger charge is 2.13. The summed E-state index contributed by atoms with van der Waals surface area (Å²) in [6.07, 6.45) is 4.33. The summed E-state index contributed by atoms with van der Waals surface area (Å²) >= 11 is 0. The smallest absolute Gasteiger partial charge is 0.258 e. The van der Waals surface area contributed by atoms with Crippen molar-refractivity contribution in [2.75, 3.05) is 11.9 Å². The first-order valence-corrected chi connectivity index (χ1v) is 10.1. The maximum atomic E-state index is 12.7. The van der Waals surface area contributed by atoms with Gasteiger partial charge in [0.15, 0.2) is 0 Å². The third kappa shape index (κ3) is 4.89. The second-order valence-electron chi connectivity index (χ2n) is 7.37. The summed E-state index contributed by atoms with van der Waals surface area (Å²) in [6, 6.07) is 24.8. The molecule has 0 atom stereocenters. The van der Waals surface area contributed by atoms with E-state index in [1.807, 2.05) is 50.4 Å². The molecule has 0 radical (unpaired) electrons. The monoisotopic (exact) mass is 371 g/mol. The molecule has 0 spiro atoms. The van der Waals surface area contributed by atoms with Crippen LogP contribution in [0, 0.1) is 6.92 Å². The van der Waals surface area contributed by atoms with E-state index >= 15 is 0 Å². The van der Waals surface area contributed by atoms with Crippen LogP contribution in [-0.2, 0) is 19.3 Å². The molecule has 144 valence electrons. The number of amides is 1. The van der Waals surface area contributed by atoms with Crippen molar-refractivity contribution in [3.8, 4) is 0 Å². The van der Waals surface area contributed by atoms with E-state index in [9.17, 15) is 4.79 Å². The lowest BCUT2D eigenvalue weighted by Crippen LogP contribution is -2.26. The molecule has 3 rings (SSSR count). The lowest BCUT2D eigenvalue weighted by molar-refractivity contribution is 0.0993. The molecule has 0 N–H and O–H groups in total. The predicted octanol–water partition coefficient (Wildman–Crippen LogP) is 6.01. The topological polar surface area (TPSA) is 20.3 Å². The second-order valence-corrected chi connectivity index (χ2v) is 7.37. The molecule has 0 saturated carbocycles. The highest BCUT2D eigenvalue weighted by Crippen LogP contribution is 2.18. The molecule has 0 aliphatic carbocycles. The standard InChI is InChI=1S/C26H29NO/c1-4-22-9-5-6-10-23(22)11-7-8-21-14-16-24(17-15-21)26(28)27(3)25-18-12-20(2)13-19-25/h5-6,9-10,12-19H,4,7-8,11H2,1-3H3. The molecule has 0 aliphatic rings. The van der Waals surface area contributed by atoms with Gasteiger partial charge in [0, 0.05) is 18.3 Å². The van der Waals surface area contributed by atoms with Gasteiger partial charge in [0.2, 0.25) is 0 Å². The van der Waals surface area contributed by atoms with Crippen LogP contribution in [0.25, 0.3) is 0 Å². The minimum Gasteiger partial charge on any atom is -0.311 e. The Balaban J connectivity index is 1.58. The Kier molecular flexibility index (Phi) is 6.65. The summed E-state index contributed by atoms with van der Waals surface area (Å²) in [7, 11) is 1.83. The van der Waals surface area contributed by atoms with Gasteiger partial charge < -0.3 is 4.90 Å². The first-order valence-electron chi connectivity index (χ1n) is 10.1. The molecule has 0 heterocycles. The first-order chi connectivity index (χ1) is 13.6. The normalized spacial score (nSPS) is 10.7. The van der Waals surface area contributed by atoms with Crippen LogP contribution in [0.5, 0.6) is 0 Å². The van der Waals surface area contributed by atoms with Crippen molar-refractivity contribution in [1.82, 2.24) is 0 Å². The van der Waals surface area contributed by atoms with Crippen molar-refractivity contribution in [2.45, 2.75) is 39.5 Å². The van der Waals surface area contributed by atoms with Crippen LogP contribution in [0.4, 0.5) is 5.69 Å². The number of hydrogen-bond donors (Lipinski definition) is 0. The minimum atomic E-state index is 0.0206. The molecule has 3 aromatic rings. The number of aryl methyl sites for hydroxylation is 4.